The fourth-order valence-corrected chi connectivity index (χ4v) is 3.91. The van der Waals surface area contributed by atoms with Crippen LogP contribution in [0.5, 0.6) is 5.88 Å². The van der Waals surface area contributed by atoms with Crippen molar-refractivity contribution in [3.63, 3.8) is 0 Å². The quantitative estimate of drug-likeness (QED) is 0.906. The lowest BCUT2D eigenvalue weighted by Crippen LogP contribution is -2.35. The first-order valence-electron chi connectivity index (χ1n) is 7.36. The Bertz CT molecular complexity index is 676. The van der Waals surface area contributed by atoms with Gasteiger partial charge in [0.2, 0.25) is 5.88 Å². The van der Waals surface area contributed by atoms with Crippen LogP contribution in [-0.2, 0) is 9.84 Å². The van der Waals surface area contributed by atoms with E-state index in [0.717, 1.165) is 18.2 Å². The molecule has 0 bridgehead atoms. The largest absolute Gasteiger partial charge is 0.474 e. The average molecular weight is 322 g/mol. The second-order valence-corrected chi connectivity index (χ2v) is 7.58. The molecule has 0 aromatic carbocycles. The molecular formula is C15H18N2O4S. The van der Waals surface area contributed by atoms with Gasteiger partial charge in [0.25, 0.3) is 5.91 Å². The lowest BCUT2D eigenvalue weighted by molar-refractivity contribution is 0.0947. The molecule has 1 aliphatic carbocycles. The molecule has 6 nitrogen and oxygen atoms in total. The molecular weight excluding hydrogens is 304 g/mol. The van der Waals surface area contributed by atoms with Crippen molar-refractivity contribution in [2.75, 3.05) is 5.75 Å². The number of amides is 1. The van der Waals surface area contributed by atoms with Crippen LogP contribution in [0.15, 0.2) is 29.8 Å². The first-order valence-corrected chi connectivity index (χ1v) is 9.08. The highest BCUT2D eigenvalue weighted by Crippen LogP contribution is 2.22. The molecule has 118 valence electrons. The van der Waals surface area contributed by atoms with Gasteiger partial charge < -0.3 is 10.1 Å². The Balaban J connectivity index is 1.58. The number of nitrogens with zero attached hydrogens (tertiary/aromatic N) is 1. The minimum atomic E-state index is -3.17. The molecule has 1 aromatic heterocycles. The van der Waals surface area contributed by atoms with Gasteiger partial charge in [-0.1, -0.05) is 0 Å². The standard InChI is InChI=1S/C15H18N2O4S/c18-15(17-12-7-8-22(19,20)10-12)11-5-6-14(16-9-11)21-13-3-1-2-4-13/h5-9,12-13H,1-4,10H2,(H,17,18)/t12-/m1/s1. The van der Waals surface area contributed by atoms with Crippen LogP contribution in [0.25, 0.3) is 0 Å². The number of ether oxygens (including phenoxy) is 1. The van der Waals surface area contributed by atoms with E-state index in [2.05, 4.69) is 10.3 Å². The molecule has 1 fully saturated rings. The highest BCUT2D eigenvalue weighted by molar-refractivity contribution is 7.94. The molecule has 0 spiro atoms. The van der Waals surface area contributed by atoms with Crippen LogP contribution in [-0.4, -0.2) is 37.2 Å². The summed E-state index contributed by atoms with van der Waals surface area (Å²) in [6, 6.07) is 2.83. The Morgan fingerprint density at radius 1 is 1.27 bits per heavy atom. The third kappa shape index (κ3) is 3.65. The number of carbonyl (C=O) groups is 1. The van der Waals surface area contributed by atoms with E-state index < -0.39 is 15.9 Å². The monoisotopic (exact) mass is 322 g/mol. The highest BCUT2D eigenvalue weighted by Gasteiger charge is 2.23. The number of hydrogen-bond donors (Lipinski definition) is 1. The zero-order chi connectivity index (χ0) is 15.6. The Hall–Kier alpha value is -1.89. The Kier molecular flexibility index (Phi) is 4.15. The molecule has 2 aliphatic rings. The van der Waals surface area contributed by atoms with Crippen molar-refractivity contribution in [1.29, 1.82) is 0 Å². The number of rotatable bonds is 4. The van der Waals surface area contributed by atoms with Crippen molar-refractivity contribution in [2.24, 2.45) is 0 Å². The molecule has 0 radical (unpaired) electrons. The summed E-state index contributed by atoms with van der Waals surface area (Å²) in [7, 11) is -3.17. The number of pyridine rings is 1. The van der Waals surface area contributed by atoms with Crippen LogP contribution in [0.4, 0.5) is 0 Å². The van der Waals surface area contributed by atoms with Gasteiger partial charge >= 0.3 is 0 Å². The van der Waals surface area contributed by atoms with Crippen molar-refractivity contribution < 1.29 is 17.9 Å². The summed E-state index contributed by atoms with van der Waals surface area (Å²) in [5, 5.41) is 3.79. The van der Waals surface area contributed by atoms with Crippen LogP contribution >= 0.6 is 0 Å². The Morgan fingerprint density at radius 3 is 2.64 bits per heavy atom. The number of carbonyl (C=O) groups excluding carboxylic acids is 1. The molecule has 2 heterocycles. The number of hydrogen-bond acceptors (Lipinski definition) is 5. The summed E-state index contributed by atoms with van der Waals surface area (Å²) in [5.74, 6) is 0.0909. The second kappa shape index (κ2) is 6.08. The van der Waals surface area contributed by atoms with E-state index in [-0.39, 0.29) is 17.8 Å². The van der Waals surface area contributed by atoms with Crippen molar-refractivity contribution in [3.8, 4) is 5.88 Å². The van der Waals surface area contributed by atoms with Crippen molar-refractivity contribution >= 4 is 15.7 Å². The van der Waals surface area contributed by atoms with Crippen LogP contribution in [0.1, 0.15) is 36.0 Å². The lowest BCUT2D eigenvalue weighted by Gasteiger charge is -2.13. The fourth-order valence-electron chi connectivity index (χ4n) is 2.68. The molecule has 3 rings (SSSR count). The smallest absolute Gasteiger partial charge is 0.253 e. The molecule has 1 amide bonds. The second-order valence-electron chi connectivity index (χ2n) is 5.65. The summed E-state index contributed by atoms with van der Waals surface area (Å²) in [6.45, 7) is 0. The third-order valence-electron chi connectivity index (χ3n) is 3.83. The van der Waals surface area contributed by atoms with Crippen LogP contribution in [0, 0.1) is 0 Å². The topological polar surface area (TPSA) is 85.4 Å². The van der Waals surface area contributed by atoms with Gasteiger partial charge in [-0.25, -0.2) is 13.4 Å². The van der Waals surface area contributed by atoms with Gasteiger partial charge in [0.15, 0.2) is 9.84 Å². The number of nitrogens with one attached hydrogen (secondary N) is 1. The maximum atomic E-state index is 12.0. The Labute approximate surface area is 129 Å². The molecule has 7 heteroatoms. The third-order valence-corrected chi connectivity index (χ3v) is 5.23. The summed E-state index contributed by atoms with van der Waals surface area (Å²) in [5.41, 5.74) is 0.386. The predicted molar refractivity (Wildman–Crippen MR) is 81.3 cm³/mol. The first-order chi connectivity index (χ1) is 10.5. The van der Waals surface area contributed by atoms with E-state index in [0.29, 0.717) is 11.4 Å². The molecule has 0 unspecified atom stereocenters. The molecule has 1 saturated carbocycles. The molecule has 1 N–H and O–H groups in total. The number of sulfone groups is 1. The van der Waals surface area contributed by atoms with Gasteiger partial charge in [-0.05, 0) is 37.8 Å². The zero-order valence-electron chi connectivity index (χ0n) is 12.1. The maximum absolute atomic E-state index is 12.0. The van der Waals surface area contributed by atoms with E-state index in [4.69, 9.17) is 4.74 Å². The molecule has 22 heavy (non-hydrogen) atoms. The summed E-state index contributed by atoms with van der Waals surface area (Å²) in [4.78, 5) is 16.2. The van der Waals surface area contributed by atoms with Crippen LogP contribution < -0.4 is 10.1 Å². The summed E-state index contributed by atoms with van der Waals surface area (Å²) < 4.78 is 28.3. The van der Waals surface area contributed by atoms with Gasteiger partial charge in [-0.2, -0.15) is 0 Å². The van der Waals surface area contributed by atoms with E-state index >= 15 is 0 Å². The zero-order valence-corrected chi connectivity index (χ0v) is 12.9. The van der Waals surface area contributed by atoms with Gasteiger partial charge in [0.1, 0.15) is 6.10 Å². The van der Waals surface area contributed by atoms with E-state index in [9.17, 15) is 13.2 Å². The molecule has 1 aromatic rings. The maximum Gasteiger partial charge on any atom is 0.253 e. The van der Waals surface area contributed by atoms with E-state index in [1.807, 2.05) is 0 Å². The Morgan fingerprint density at radius 2 is 2.05 bits per heavy atom. The predicted octanol–water partition coefficient (Wildman–Crippen LogP) is 1.44. The van der Waals surface area contributed by atoms with Crippen LogP contribution in [0.2, 0.25) is 0 Å². The van der Waals surface area contributed by atoms with E-state index in [1.165, 1.54) is 25.1 Å². The lowest BCUT2D eigenvalue weighted by atomic mass is 10.2. The number of aromatic nitrogens is 1. The fraction of sp³-hybridized carbons (Fsp3) is 0.467. The van der Waals surface area contributed by atoms with Crippen LogP contribution in [0.3, 0.4) is 0 Å². The minimum Gasteiger partial charge on any atom is -0.474 e. The molecule has 1 atom stereocenters. The SMILES string of the molecule is O=C(N[C@@H]1C=CS(=O)(=O)C1)c1ccc(OC2CCCC2)nc1. The van der Waals surface area contributed by atoms with Crippen molar-refractivity contribution in [2.45, 2.75) is 37.8 Å². The summed E-state index contributed by atoms with van der Waals surface area (Å²) >= 11 is 0. The van der Waals surface area contributed by atoms with Crippen molar-refractivity contribution in [3.05, 3.63) is 35.4 Å². The summed E-state index contributed by atoms with van der Waals surface area (Å²) in [6.07, 6.45) is 7.62. The molecule has 0 saturated heterocycles. The van der Waals surface area contributed by atoms with Gasteiger partial charge in [-0.3, -0.25) is 4.79 Å². The van der Waals surface area contributed by atoms with Gasteiger partial charge in [-0.15, -0.1) is 0 Å². The van der Waals surface area contributed by atoms with Crippen molar-refractivity contribution in [1.82, 2.24) is 10.3 Å². The highest BCUT2D eigenvalue weighted by atomic mass is 32.2. The average Bonchev–Trinajstić information content (AvgIpc) is 3.09. The minimum absolute atomic E-state index is 0.0883. The van der Waals surface area contributed by atoms with Gasteiger partial charge in [0, 0.05) is 17.7 Å². The first kappa shape index (κ1) is 15.0. The normalized spacial score (nSPS) is 23.5. The molecule has 1 aliphatic heterocycles. The van der Waals surface area contributed by atoms with E-state index in [1.54, 1.807) is 12.1 Å². The van der Waals surface area contributed by atoms with Gasteiger partial charge in [0.05, 0.1) is 17.4 Å².